The Morgan fingerprint density at radius 2 is 2.07 bits per heavy atom. The minimum absolute atomic E-state index is 0.0528. The predicted octanol–water partition coefficient (Wildman–Crippen LogP) is 3.25. The molecular weight excluding hydrogens is 412 g/mol. The summed E-state index contributed by atoms with van der Waals surface area (Å²) in [7, 11) is 0. The normalized spacial score (nSPS) is 28.6. The molecule has 3 atom stereocenters. The molecule has 0 bridgehead atoms. The lowest BCUT2D eigenvalue weighted by atomic mass is 10.0. The van der Waals surface area contributed by atoms with Crippen molar-refractivity contribution in [2.75, 3.05) is 31.5 Å². The molecule has 1 amide bonds. The van der Waals surface area contributed by atoms with Gasteiger partial charge >= 0.3 is 0 Å². The average Bonchev–Trinajstić information content (AvgIpc) is 2.99. The molecule has 2 saturated heterocycles. The number of hydrogen-bond donors (Lipinski definition) is 2. The van der Waals surface area contributed by atoms with E-state index >= 15 is 0 Å². The Labute approximate surface area is 167 Å². The van der Waals surface area contributed by atoms with Gasteiger partial charge in [0.2, 0.25) is 0 Å². The van der Waals surface area contributed by atoms with Gasteiger partial charge < -0.3 is 15.5 Å². The molecule has 7 nitrogen and oxygen atoms in total. The monoisotopic (exact) mass is 436 g/mol. The largest absolute Gasteiger partial charge is 0.375 e. The van der Waals surface area contributed by atoms with Crippen molar-refractivity contribution in [3.63, 3.8) is 0 Å². The molecule has 2 heterocycles. The maximum atomic E-state index is 13.2. The molecule has 2 unspecified atom stereocenters. The second-order valence-corrected chi connectivity index (χ2v) is 9.45. The van der Waals surface area contributed by atoms with Crippen molar-refractivity contribution in [3.05, 3.63) is 32.3 Å². The number of nitrogens with zero attached hydrogens (tertiary/aromatic N) is 2. The Kier molecular flexibility index (Phi) is 4.66. The van der Waals surface area contributed by atoms with Gasteiger partial charge in [-0.2, -0.15) is 0 Å². The second-order valence-electron chi connectivity index (χ2n) is 8.54. The van der Waals surface area contributed by atoms with Crippen molar-refractivity contribution in [1.29, 1.82) is 0 Å². The molecule has 3 aliphatic rings. The van der Waals surface area contributed by atoms with E-state index in [9.17, 15) is 14.9 Å². The molecule has 146 valence electrons. The molecule has 0 aromatic heterocycles. The molecule has 1 aromatic carbocycles. The fourth-order valence-electron chi connectivity index (χ4n) is 4.70. The lowest BCUT2D eigenvalue weighted by molar-refractivity contribution is -0.384. The highest BCUT2D eigenvalue weighted by molar-refractivity contribution is 9.10. The first-order valence-electron chi connectivity index (χ1n) is 9.53. The second kappa shape index (κ2) is 6.74. The van der Waals surface area contributed by atoms with Crippen LogP contribution < -0.4 is 10.6 Å². The van der Waals surface area contributed by atoms with Crippen LogP contribution in [0.25, 0.3) is 0 Å². The number of rotatable bonds is 4. The molecule has 1 saturated carbocycles. The lowest BCUT2D eigenvalue weighted by Crippen LogP contribution is -2.39. The van der Waals surface area contributed by atoms with Gasteiger partial charge in [-0.25, -0.2) is 0 Å². The maximum Gasteiger partial charge on any atom is 0.294 e. The SMILES string of the molecule is CC1(C)C2CN(C(=O)c3cc(Br)cc([N+](=O)[O-])c3N[C@@H]3CCCNC3)CC21. The molecule has 2 N–H and O–H groups in total. The van der Waals surface area contributed by atoms with Crippen LogP contribution in [-0.2, 0) is 0 Å². The molecule has 27 heavy (non-hydrogen) atoms. The van der Waals surface area contributed by atoms with Crippen molar-refractivity contribution < 1.29 is 9.72 Å². The Bertz CT molecular complexity index is 777. The zero-order valence-corrected chi connectivity index (χ0v) is 17.2. The zero-order chi connectivity index (χ0) is 19.3. The van der Waals surface area contributed by atoms with E-state index in [1.807, 2.05) is 4.90 Å². The average molecular weight is 437 g/mol. The van der Waals surface area contributed by atoms with Crippen LogP contribution in [0, 0.1) is 27.4 Å². The standard InChI is InChI=1S/C19H25BrN4O3/c1-19(2)14-9-23(10-15(14)19)18(25)13-6-11(20)7-16(24(26)27)17(13)22-12-4-3-5-21-8-12/h6-7,12,14-15,21-22H,3-5,8-10H2,1-2H3/t12-,14?,15?/m1/s1. The van der Waals surface area contributed by atoms with Crippen LogP contribution in [0.5, 0.6) is 0 Å². The first-order chi connectivity index (χ1) is 12.8. The number of hydrogen-bond acceptors (Lipinski definition) is 5. The highest BCUT2D eigenvalue weighted by Gasteiger charge is 2.62. The van der Waals surface area contributed by atoms with Crippen LogP contribution in [-0.4, -0.2) is 48.0 Å². The Morgan fingerprint density at radius 3 is 2.67 bits per heavy atom. The van der Waals surface area contributed by atoms with Crippen LogP contribution in [0.4, 0.5) is 11.4 Å². The summed E-state index contributed by atoms with van der Waals surface area (Å²) in [4.78, 5) is 26.3. The molecule has 0 spiro atoms. The van der Waals surface area contributed by atoms with E-state index in [1.54, 1.807) is 6.07 Å². The van der Waals surface area contributed by atoms with Crippen molar-refractivity contribution >= 4 is 33.2 Å². The van der Waals surface area contributed by atoms with Crippen molar-refractivity contribution in [3.8, 4) is 0 Å². The predicted molar refractivity (Wildman–Crippen MR) is 107 cm³/mol. The lowest BCUT2D eigenvalue weighted by Gasteiger charge is -2.27. The number of amides is 1. The molecule has 8 heteroatoms. The van der Waals surface area contributed by atoms with E-state index < -0.39 is 4.92 Å². The highest BCUT2D eigenvalue weighted by Crippen LogP contribution is 2.62. The Balaban J connectivity index is 1.64. The minimum atomic E-state index is -0.412. The third kappa shape index (κ3) is 3.33. The number of carbonyl (C=O) groups excluding carboxylic acids is 1. The molecule has 1 aromatic rings. The maximum absolute atomic E-state index is 13.2. The number of likely N-dealkylation sites (tertiary alicyclic amines) is 1. The first-order valence-corrected chi connectivity index (χ1v) is 10.3. The van der Waals surface area contributed by atoms with E-state index in [4.69, 9.17) is 0 Å². The van der Waals surface area contributed by atoms with E-state index in [0.29, 0.717) is 33.0 Å². The number of benzene rings is 1. The number of carbonyl (C=O) groups is 1. The summed E-state index contributed by atoms with van der Waals surface area (Å²) in [5.41, 5.74) is 1.00. The number of halogens is 1. The number of nitro groups is 1. The quantitative estimate of drug-likeness (QED) is 0.558. The van der Waals surface area contributed by atoms with Crippen molar-refractivity contribution in [2.45, 2.75) is 32.7 Å². The molecule has 3 fully saturated rings. The minimum Gasteiger partial charge on any atom is -0.375 e. The first kappa shape index (κ1) is 18.7. The van der Waals surface area contributed by atoms with Gasteiger partial charge in [-0.1, -0.05) is 29.8 Å². The van der Waals surface area contributed by atoms with Crippen LogP contribution in [0.2, 0.25) is 0 Å². The molecule has 1 aliphatic carbocycles. The number of anilines is 1. The topological polar surface area (TPSA) is 87.5 Å². The van der Waals surface area contributed by atoms with Gasteiger partial charge in [0.15, 0.2) is 0 Å². The van der Waals surface area contributed by atoms with Gasteiger partial charge in [-0.05, 0) is 42.7 Å². The van der Waals surface area contributed by atoms with Gasteiger partial charge in [0.1, 0.15) is 5.69 Å². The Hall–Kier alpha value is -1.67. The van der Waals surface area contributed by atoms with E-state index in [-0.39, 0.29) is 17.6 Å². The number of nitro benzene ring substituents is 1. The molecule has 4 rings (SSSR count). The van der Waals surface area contributed by atoms with Crippen molar-refractivity contribution in [1.82, 2.24) is 10.2 Å². The van der Waals surface area contributed by atoms with Gasteiger partial charge in [-0.15, -0.1) is 0 Å². The summed E-state index contributed by atoms with van der Waals surface area (Å²) >= 11 is 3.34. The smallest absolute Gasteiger partial charge is 0.294 e. The third-order valence-electron chi connectivity index (χ3n) is 6.56. The Morgan fingerprint density at radius 1 is 1.37 bits per heavy atom. The highest BCUT2D eigenvalue weighted by atomic mass is 79.9. The number of piperidine rings is 2. The van der Waals surface area contributed by atoms with E-state index in [2.05, 4.69) is 40.4 Å². The summed E-state index contributed by atoms with van der Waals surface area (Å²) in [6, 6.07) is 3.26. The summed E-state index contributed by atoms with van der Waals surface area (Å²) in [6.07, 6.45) is 1.94. The molecule has 2 aliphatic heterocycles. The van der Waals surface area contributed by atoms with Crippen molar-refractivity contribution in [2.24, 2.45) is 17.3 Å². The summed E-state index contributed by atoms with van der Waals surface area (Å²) in [6.45, 7) is 7.67. The molecule has 0 radical (unpaired) electrons. The summed E-state index contributed by atoms with van der Waals surface area (Å²) < 4.78 is 0.551. The third-order valence-corrected chi connectivity index (χ3v) is 7.02. The van der Waals surface area contributed by atoms with Crippen LogP contribution in [0.3, 0.4) is 0 Å². The number of nitrogens with one attached hydrogen (secondary N) is 2. The van der Waals surface area contributed by atoms with E-state index in [0.717, 1.165) is 39.0 Å². The van der Waals surface area contributed by atoms with Crippen LogP contribution in [0.1, 0.15) is 37.0 Å². The van der Waals surface area contributed by atoms with Gasteiger partial charge in [-0.3, -0.25) is 14.9 Å². The van der Waals surface area contributed by atoms with Crippen LogP contribution >= 0.6 is 15.9 Å². The summed E-state index contributed by atoms with van der Waals surface area (Å²) in [5, 5.41) is 18.3. The van der Waals surface area contributed by atoms with Crippen LogP contribution in [0.15, 0.2) is 16.6 Å². The van der Waals surface area contributed by atoms with Gasteiger partial charge in [0.25, 0.3) is 11.6 Å². The van der Waals surface area contributed by atoms with E-state index in [1.165, 1.54) is 6.07 Å². The molecular formula is C19H25BrN4O3. The van der Waals surface area contributed by atoms with Gasteiger partial charge in [0, 0.05) is 36.2 Å². The fraction of sp³-hybridized carbons (Fsp3) is 0.632. The van der Waals surface area contributed by atoms with Gasteiger partial charge in [0.05, 0.1) is 10.5 Å². The fourth-order valence-corrected chi connectivity index (χ4v) is 5.15. The number of fused-ring (bicyclic) bond motifs is 1. The zero-order valence-electron chi connectivity index (χ0n) is 15.6. The summed E-state index contributed by atoms with van der Waals surface area (Å²) in [5.74, 6) is 0.971.